The third-order valence-electron chi connectivity index (χ3n) is 29.9. The first kappa shape index (κ1) is 78.2. The molecule has 0 saturated carbocycles. The van der Waals surface area contributed by atoms with E-state index >= 15 is 0 Å². The summed E-state index contributed by atoms with van der Waals surface area (Å²) in [5.74, 6) is 1.77. The fourth-order valence-corrected chi connectivity index (χ4v) is 28.7. The second-order valence-electron chi connectivity index (χ2n) is 37.3. The zero-order valence-corrected chi connectivity index (χ0v) is 79.6. The molecule has 0 saturated heterocycles. The van der Waals surface area contributed by atoms with E-state index in [4.69, 9.17) is 14.6 Å². The number of rotatable bonds is 9. The molecule has 22 aromatic carbocycles. The Kier molecular flexibility index (Phi) is 18.0. The monoisotopic (exact) mass is 1890 g/mol. The quantitative estimate of drug-likeness (QED) is 0.133. The molecule has 25 aromatic rings. The van der Waals surface area contributed by atoms with Crippen molar-refractivity contribution in [2.45, 2.75) is 35.8 Å². The van der Waals surface area contributed by atoms with Gasteiger partial charge in [0, 0.05) is 116 Å². The van der Waals surface area contributed by atoms with Crippen molar-refractivity contribution in [3.8, 4) is 78.3 Å². The van der Waals surface area contributed by atoms with Gasteiger partial charge in [0.05, 0.1) is 21.7 Å². The fourth-order valence-electron chi connectivity index (χ4n) is 24.1. The third kappa shape index (κ3) is 12.5. The number of thiophene rings is 2. The molecule has 9 heteroatoms. The van der Waals surface area contributed by atoms with Crippen LogP contribution in [-0.2, 0) is 16.2 Å². The molecule has 31 rings (SSSR count). The zero-order chi connectivity index (χ0) is 96.8. The summed E-state index contributed by atoms with van der Waals surface area (Å²) >= 11 is 6.98. The Labute approximate surface area is 843 Å². The summed E-state index contributed by atoms with van der Waals surface area (Å²) in [6.07, 6.45) is 0. The van der Waals surface area contributed by atoms with E-state index in [2.05, 4.69) is 459 Å². The number of fused-ring (bicyclic) bond motifs is 37. The average molecular weight is 1890 g/mol. The number of ether oxygens (including phenoxy) is 1. The van der Waals surface area contributed by atoms with E-state index in [-0.39, 0.29) is 29.6 Å². The van der Waals surface area contributed by atoms with Crippen molar-refractivity contribution in [1.29, 1.82) is 0 Å². The van der Waals surface area contributed by atoms with Gasteiger partial charge >= 0.3 is 0 Å². The number of furan rings is 1. The van der Waals surface area contributed by atoms with E-state index in [1.165, 1.54) is 179 Å². The lowest BCUT2D eigenvalue weighted by atomic mass is 9.66. The molecule has 0 radical (unpaired) electrons. The summed E-state index contributed by atoms with van der Waals surface area (Å²) in [5.41, 5.74) is 36.7. The number of para-hydroxylation sites is 1. The lowest BCUT2D eigenvalue weighted by molar-refractivity contribution is 0.436. The van der Waals surface area contributed by atoms with Gasteiger partial charge < -0.3 is 25.1 Å². The highest BCUT2D eigenvalue weighted by Crippen LogP contribution is 2.67. The molecule has 6 aliphatic rings. The molecule has 6 heterocycles. The van der Waals surface area contributed by atoms with Crippen LogP contribution in [0.5, 0.6) is 11.5 Å². The minimum Gasteiger partial charge on any atom is -0.457 e. The third-order valence-corrected chi connectivity index (χ3v) is 34.4. The molecular weight excluding hydrogens is 1800 g/mol. The van der Waals surface area contributed by atoms with Crippen LogP contribution in [0, 0.1) is 0 Å². The van der Waals surface area contributed by atoms with Crippen LogP contribution in [-0.4, -0.2) is 0 Å². The number of nitrogens with one attached hydrogen (secondary N) is 3. The number of benzene rings is 22. The first-order chi connectivity index (χ1) is 72.0. The van der Waals surface area contributed by atoms with Crippen LogP contribution in [0.1, 0.15) is 72.2 Å². The van der Waals surface area contributed by atoms with Crippen LogP contribution in [0.25, 0.3) is 140 Å². The van der Waals surface area contributed by atoms with Gasteiger partial charge in [0.15, 0.2) is 0 Å². The Hall–Kier alpha value is -16.8. The van der Waals surface area contributed by atoms with Crippen LogP contribution in [0.15, 0.2) is 509 Å². The molecule has 0 amide bonds. The smallest absolute Gasteiger partial charge is 0.136 e. The van der Waals surface area contributed by atoms with E-state index in [1.54, 1.807) is 0 Å². The molecule has 666 valence electrons. The Morgan fingerprint density at radius 3 is 1.25 bits per heavy atom. The average Bonchev–Trinajstić information content (AvgIpc) is 1.52. The molecule has 3 aliphatic carbocycles. The standard InChI is InChI=1S/C49H31NO2.C47H29NS2.C37H23NS2/c1-2-11-31(12-3-1)33-23-27-44-39(29-33)48-36(15-10-20-47(48)51-44)32-21-24-34(25-22-32)50-35-26-28-46-43(30-35)49(42-18-8-9-19-45(42)52-46)40-16-6-4-13-37(40)38-14-5-7-17-41(38)49;1-2-13-32-29(11-1)12-9-16-33(32)30-23-25-36-45(27-30)50-44-22-10-20-41(46(36)44)48-31-24-26-43-40(28-31)47(39-19-7-8-21-42(39)49-43)37-17-5-3-14-34(37)35-15-4-6-18-38(35)47;1-4-13-27-24(10-1)25-11-2-5-14-28(25)37(27)29-15-6-8-18-33(29)40-34-21-20-23(22-30(34)37)38-31-16-9-19-35-36(31)26-12-3-7-17-32(26)39-35/h1-30,50H;1-28,48H;1-22,38H/i;;3D,7D,12D,17D. The normalized spacial score (nSPS) is 14.1. The van der Waals surface area contributed by atoms with Crippen molar-refractivity contribution in [2.24, 2.45) is 0 Å². The Balaban J connectivity index is 0.000000104. The molecule has 3 N–H and O–H groups in total. The predicted octanol–water partition coefficient (Wildman–Crippen LogP) is 37.2. The van der Waals surface area contributed by atoms with E-state index in [0.29, 0.717) is 10.1 Å². The van der Waals surface area contributed by atoms with E-state index < -0.39 is 10.8 Å². The second-order valence-corrected chi connectivity index (χ2v) is 41.6. The van der Waals surface area contributed by atoms with Crippen molar-refractivity contribution in [1.82, 2.24) is 0 Å². The molecule has 3 aromatic heterocycles. The molecule has 0 fully saturated rings. The maximum atomic E-state index is 8.73. The van der Waals surface area contributed by atoms with E-state index in [0.717, 1.165) is 94.3 Å². The van der Waals surface area contributed by atoms with Crippen LogP contribution >= 0.6 is 46.2 Å². The lowest BCUT2D eigenvalue weighted by Gasteiger charge is -2.40. The van der Waals surface area contributed by atoms with Gasteiger partial charge in [0.1, 0.15) is 22.7 Å². The maximum Gasteiger partial charge on any atom is 0.136 e. The number of hydrogen-bond donors (Lipinski definition) is 3. The van der Waals surface area contributed by atoms with Gasteiger partial charge in [-0.1, -0.05) is 369 Å². The van der Waals surface area contributed by atoms with Gasteiger partial charge in [-0.25, -0.2) is 0 Å². The highest BCUT2D eigenvalue weighted by atomic mass is 32.2. The van der Waals surface area contributed by atoms with Gasteiger partial charge in [0.25, 0.3) is 0 Å². The molecule has 0 bridgehead atoms. The van der Waals surface area contributed by atoms with Crippen LogP contribution in [0.2, 0.25) is 0 Å². The van der Waals surface area contributed by atoms with Crippen LogP contribution in [0.4, 0.5) is 34.1 Å². The van der Waals surface area contributed by atoms with E-state index in [9.17, 15) is 0 Å². The Morgan fingerprint density at radius 1 is 0.218 bits per heavy atom. The second kappa shape index (κ2) is 32.7. The fraction of sp³-hybridized carbons (Fsp3) is 0.0226. The summed E-state index contributed by atoms with van der Waals surface area (Å²) in [6, 6.07) is 166. The van der Waals surface area contributed by atoms with Crippen LogP contribution in [0.3, 0.4) is 0 Å². The van der Waals surface area contributed by atoms with Crippen molar-refractivity contribution in [3.63, 3.8) is 0 Å². The predicted molar refractivity (Wildman–Crippen MR) is 596 cm³/mol. The molecule has 142 heavy (non-hydrogen) atoms. The van der Waals surface area contributed by atoms with Crippen molar-refractivity contribution in [3.05, 3.63) is 552 Å². The highest BCUT2D eigenvalue weighted by molar-refractivity contribution is 7.99. The Bertz CT molecular complexity index is 9690. The summed E-state index contributed by atoms with van der Waals surface area (Å²) in [4.78, 5) is 5.11. The van der Waals surface area contributed by atoms with Gasteiger partial charge in [-0.15, -0.1) is 22.7 Å². The molecule has 0 unspecified atom stereocenters. The highest BCUT2D eigenvalue weighted by Gasteiger charge is 2.54. The van der Waals surface area contributed by atoms with Gasteiger partial charge in [-0.05, 0) is 273 Å². The summed E-state index contributed by atoms with van der Waals surface area (Å²) in [6.45, 7) is 0. The van der Waals surface area contributed by atoms with Gasteiger partial charge in [-0.3, -0.25) is 0 Å². The summed E-state index contributed by atoms with van der Waals surface area (Å²) in [7, 11) is 0. The molecule has 3 aliphatic heterocycles. The number of anilines is 6. The zero-order valence-electron chi connectivity index (χ0n) is 80.3. The number of hydrogen-bond acceptors (Lipinski definition) is 9. The summed E-state index contributed by atoms with van der Waals surface area (Å²) < 4.78 is 50.8. The lowest BCUT2D eigenvalue weighted by Crippen LogP contribution is -2.32. The Morgan fingerprint density at radius 2 is 0.648 bits per heavy atom. The van der Waals surface area contributed by atoms with Crippen molar-refractivity contribution in [2.75, 3.05) is 16.0 Å². The molecule has 0 atom stereocenters. The van der Waals surface area contributed by atoms with Crippen molar-refractivity contribution >= 4 is 153 Å². The van der Waals surface area contributed by atoms with Crippen LogP contribution < -0.4 is 20.7 Å². The first-order valence-electron chi connectivity index (χ1n) is 50.1. The molecule has 5 nitrogen and oxygen atoms in total. The van der Waals surface area contributed by atoms with Gasteiger partial charge in [-0.2, -0.15) is 0 Å². The minimum absolute atomic E-state index is 0.00179. The maximum absolute atomic E-state index is 8.73. The SMILES string of the molecule is [2H]c1c([2H])c([2H])c2c(sc3cccc(Nc4ccc5c(c4)C4(c6ccccc6S5)c5ccccc5-c5ccccc54)c32)c1[2H].c1ccc(-c2ccc3oc4cccc(-c5ccc(Nc6ccc7c(c6)C6(c8ccccc8O7)c7ccccc7-c7ccccc76)cc5)c4c3c2)cc1.c1ccc2c(c1)Sc1ccc(Nc3cccc4sc5cc(-c6cccc7ccccc67)ccc5c34)cc1C21c2ccccc2-c2ccccc21. The minimum atomic E-state index is -0.495. The van der Waals surface area contributed by atoms with Crippen molar-refractivity contribution < 1.29 is 14.6 Å². The van der Waals surface area contributed by atoms with E-state index in [1.807, 2.05) is 53.1 Å². The molecular formula is C133H83N3O2S4. The van der Waals surface area contributed by atoms with Gasteiger partial charge in [0.2, 0.25) is 0 Å². The first-order valence-corrected chi connectivity index (χ1v) is 51.4. The molecule has 3 spiro atoms. The summed E-state index contributed by atoms with van der Waals surface area (Å²) in [5, 5.41) is 20.1. The topological polar surface area (TPSA) is 58.5 Å². The largest absolute Gasteiger partial charge is 0.457 e.